The molecule has 0 amide bonds. The number of hydrogen-bond acceptors (Lipinski definition) is 4. The van der Waals surface area contributed by atoms with Gasteiger partial charge in [0, 0.05) is 20.6 Å². The maximum absolute atomic E-state index is 12.9. The third kappa shape index (κ3) is 5.23. The van der Waals surface area contributed by atoms with Gasteiger partial charge in [0.1, 0.15) is 5.82 Å². The SMILES string of the molecule is CCCCCCCCCCn1c(CN2CCCCC2)nc2c1c(=O)n(C)c(=O)n2C. The van der Waals surface area contributed by atoms with Crippen LogP contribution < -0.4 is 11.2 Å². The molecule has 0 atom stereocenters. The Bertz CT molecular complexity index is 934. The van der Waals surface area contributed by atoms with Crippen LogP contribution in [0, 0.1) is 0 Å². The van der Waals surface area contributed by atoms with Gasteiger partial charge in [-0.05, 0) is 32.4 Å². The van der Waals surface area contributed by atoms with Crippen molar-refractivity contribution in [3.8, 4) is 0 Å². The van der Waals surface area contributed by atoms with Crippen LogP contribution in [0.5, 0.6) is 0 Å². The van der Waals surface area contributed by atoms with E-state index >= 15 is 0 Å². The monoisotopic (exact) mass is 417 g/mol. The van der Waals surface area contributed by atoms with Crippen LogP contribution in [0.25, 0.3) is 11.2 Å². The zero-order valence-corrected chi connectivity index (χ0v) is 19.2. The molecule has 0 bridgehead atoms. The molecule has 1 saturated heterocycles. The van der Waals surface area contributed by atoms with Gasteiger partial charge in [0.05, 0.1) is 6.54 Å². The summed E-state index contributed by atoms with van der Waals surface area (Å²) in [6.45, 7) is 5.96. The summed E-state index contributed by atoms with van der Waals surface area (Å²) in [6, 6.07) is 0. The smallest absolute Gasteiger partial charge is 0.321 e. The van der Waals surface area contributed by atoms with E-state index in [9.17, 15) is 9.59 Å². The van der Waals surface area contributed by atoms with Crippen LogP contribution >= 0.6 is 0 Å². The second kappa shape index (κ2) is 10.9. The van der Waals surface area contributed by atoms with Crippen LogP contribution in [0.15, 0.2) is 9.59 Å². The highest BCUT2D eigenvalue weighted by atomic mass is 16.2. The minimum Gasteiger partial charge on any atom is -0.321 e. The highest BCUT2D eigenvalue weighted by molar-refractivity contribution is 5.71. The fourth-order valence-corrected chi connectivity index (χ4v) is 4.57. The molecule has 0 saturated carbocycles. The quantitative estimate of drug-likeness (QED) is 0.525. The normalized spacial score (nSPS) is 15.3. The summed E-state index contributed by atoms with van der Waals surface area (Å²) in [5.41, 5.74) is 0.558. The fourth-order valence-electron chi connectivity index (χ4n) is 4.57. The predicted molar refractivity (Wildman–Crippen MR) is 122 cm³/mol. The van der Waals surface area contributed by atoms with Gasteiger partial charge in [-0.1, -0.05) is 58.3 Å². The fraction of sp³-hybridized carbons (Fsp3) is 0.783. The number of fused-ring (bicyclic) bond motifs is 1. The van der Waals surface area contributed by atoms with Crippen molar-refractivity contribution in [3.05, 3.63) is 26.7 Å². The van der Waals surface area contributed by atoms with Gasteiger partial charge in [-0.25, -0.2) is 9.78 Å². The summed E-state index contributed by atoms with van der Waals surface area (Å²) < 4.78 is 4.82. The van der Waals surface area contributed by atoms with Gasteiger partial charge >= 0.3 is 5.69 Å². The Morgan fingerprint density at radius 3 is 2.13 bits per heavy atom. The van der Waals surface area contributed by atoms with Crippen LogP contribution in [0.1, 0.15) is 83.4 Å². The van der Waals surface area contributed by atoms with Crippen LogP contribution in [-0.4, -0.2) is 36.7 Å². The number of aryl methyl sites for hydroxylation is 2. The number of aromatic nitrogens is 4. The van der Waals surface area contributed by atoms with Crippen molar-refractivity contribution in [1.82, 2.24) is 23.6 Å². The van der Waals surface area contributed by atoms with Gasteiger partial charge in [-0.2, -0.15) is 0 Å². The Labute approximate surface area is 179 Å². The molecule has 7 heteroatoms. The number of likely N-dealkylation sites (tertiary alicyclic amines) is 1. The summed E-state index contributed by atoms with van der Waals surface area (Å²) in [5, 5.41) is 0. The van der Waals surface area contributed by atoms with Crippen molar-refractivity contribution in [2.24, 2.45) is 14.1 Å². The molecule has 0 N–H and O–H groups in total. The molecule has 0 unspecified atom stereocenters. The van der Waals surface area contributed by atoms with Crippen LogP contribution in [-0.2, 0) is 27.2 Å². The lowest BCUT2D eigenvalue weighted by Crippen LogP contribution is -2.37. The Morgan fingerprint density at radius 2 is 1.47 bits per heavy atom. The zero-order valence-electron chi connectivity index (χ0n) is 19.2. The number of piperidine rings is 1. The van der Waals surface area contributed by atoms with Crippen LogP contribution in [0.3, 0.4) is 0 Å². The van der Waals surface area contributed by atoms with Crippen LogP contribution in [0.4, 0.5) is 0 Å². The van der Waals surface area contributed by atoms with E-state index in [2.05, 4.69) is 16.4 Å². The molecule has 3 heterocycles. The molecular weight excluding hydrogens is 378 g/mol. The molecule has 2 aromatic rings. The first-order valence-corrected chi connectivity index (χ1v) is 11.9. The average molecular weight is 418 g/mol. The summed E-state index contributed by atoms with van der Waals surface area (Å²) in [7, 11) is 3.27. The molecular formula is C23H39N5O2. The lowest BCUT2D eigenvalue weighted by molar-refractivity contribution is 0.213. The van der Waals surface area contributed by atoms with E-state index in [0.717, 1.165) is 38.4 Å². The van der Waals surface area contributed by atoms with E-state index in [0.29, 0.717) is 11.2 Å². The number of hydrogen-bond donors (Lipinski definition) is 0. The number of imidazole rings is 1. The molecule has 0 radical (unpaired) electrons. The van der Waals surface area contributed by atoms with Gasteiger partial charge in [0.15, 0.2) is 11.2 Å². The predicted octanol–water partition coefficient (Wildman–Crippen LogP) is 3.56. The van der Waals surface area contributed by atoms with Gasteiger partial charge in [0.25, 0.3) is 5.56 Å². The van der Waals surface area contributed by atoms with Gasteiger partial charge < -0.3 is 4.57 Å². The Kier molecular flexibility index (Phi) is 8.31. The van der Waals surface area contributed by atoms with Crippen molar-refractivity contribution >= 4 is 11.2 Å². The minimum absolute atomic E-state index is 0.231. The maximum Gasteiger partial charge on any atom is 0.332 e. The summed E-state index contributed by atoms with van der Waals surface area (Å²) >= 11 is 0. The van der Waals surface area contributed by atoms with Crippen molar-refractivity contribution in [3.63, 3.8) is 0 Å². The molecule has 7 nitrogen and oxygen atoms in total. The lowest BCUT2D eigenvalue weighted by Gasteiger charge is -2.26. The van der Waals surface area contributed by atoms with Crippen molar-refractivity contribution in [2.45, 2.75) is 90.6 Å². The van der Waals surface area contributed by atoms with Gasteiger partial charge in [0.2, 0.25) is 0 Å². The van der Waals surface area contributed by atoms with Crippen molar-refractivity contribution < 1.29 is 0 Å². The Hall–Kier alpha value is -1.89. The average Bonchev–Trinajstić information content (AvgIpc) is 3.11. The van der Waals surface area contributed by atoms with E-state index < -0.39 is 0 Å². The first-order valence-electron chi connectivity index (χ1n) is 11.9. The molecule has 1 aliphatic heterocycles. The Morgan fingerprint density at radius 1 is 0.833 bits per heavy atom. The first kappa shape index (κ1) is 22.8. The number of nitrogens with zero attached hydrogens (tertiary/aromatic N) is 5. The second-order valence-corrected chi connectivity index (χ2v) is 8.87. The van der Waals surface area contributed by atoms with E-state index in [1.54, 1.807) is 14.1 Å². The van der Waals surface area contributed by atoms with Crippen LogP contribution in [0.2, 0.25) is 0 Å². The minimum atomic E-state index is -0.311. The number of unbranched alkanes of at least 4 members (excludes halogenated alkanes) is 7. The molecule has 2 aromatic heterocycles. The van der Waals surface area contributed by atoms with E-state index in [-0.39, 0.29) is 11.2 Å². The third-order valence-corrected chi connectivity index (χ3v) is 6.48. The molecule has 168 valence electrons. The summed E-state index contributed by atoms with van der Waals surface area (Å²) in [5.74, 6) is 0.924. The zero-order chi connectivity index (χ0) is 21.5. The summed E-state index contributed by atoms with van der Waals surface area (Å²) in [4.78, 5) is 32.5. The molecule has 0 spiro atoms. The first-order chi connectivity index (χ1) is 14.5. The topological polar surface area (TPSA) is 65.1 Å². The van der Waals surface area contributed by atoms with Gasteiger partial charge in [-0.3, -0.25) is 18.8 Å². The lowest BCUT2D eigenvalue weighted by atomic mass is 10.1. The molecule has 0 aliphatic carbocycles. The van der Waals surface area contributed by atoms with Crippen molar-refractivity contribution in [1.29, 1.82) is 0 Å². The van der Waals surface area contributed by atoms with Crippen molar-refractivity contribution in [2.75, 3.05) is 13.1 Å². The highest BCUT2D eigenvalue weighted by Crippen LogP contribution is 2.18. The summed E-state index contributed by atoms with van der Waals surface area (Å²) in [6.07, 6.45) is 13.8. The van der Waals surface area contributed by atoms with Gasteiger partial charge in [-0.15, -0.1) is 0 Å². The second-order valence-electron chi connectivity index (χ2n) is 8.87. The molecule has 3 rings (SSSR count). The Balaban J connectivity index is 1.78. The largest absolute Gasteiger partial charge is 0.332 e. The standard InChI is InChI=1S/C23H39N5O2/c1-4-5-6-7-8-9-10-14-17-28-19(18-27-15-12-11-13-16-27)24-21-20(28)22(29)26(3)23(30)25(21)2/h4-18H2,1-3H3. The molecule has 1 fully saturated rings. The molecule has 30 heavy (non-hydrogen) atoms. The van der Waals surface area contributed by atoms with E-state index in [1.807, 2.05) is 0 Å². The maximum atomic E-state index is 12.9. The molecule has 0 aromatic carbocycles. The van der Waals surface area contributed by atoms with E-state index in [4.69, 9.17) is 4.98 Å². The molecule has 1 aliphatic rings. The third-order valence-electron chi connectivity index (χ3n) is 6.48. The van der Waals surface area contributed by atoms with E-state index in [1.165, 1.54) is 73.3 Å². The highest BCUT2D eigenvalue weighted by Gasteiger charge is 2.21. The number of rotatable bonds is 11.